The fourth-order valence-electron chi connectivity index (χ4n) is 2.30. The number of amides is 1. The lowest BCUT2D eigenvalue weighted by atomic mass is 10.3. The van der Waals surface area contributed by atoms with Crippen molar-refractivity contribution in [3.63, 3.8) is 0 Å². The van der Waals surface area contributed by atoms with Gasteiger partial charge in [0, 0.05) is 19.6 Å². The number of rotatable bonds is 9. The second-order valence-electron chi connectivity index (χ2n) is 6.05. The van der Waals surface area contributed by atoms with Gasteiger partial charge in [-0.2, -0.15) is 0 Å². The highest BCUT2D eigenvalue weighted by Crippen LogP contribution is 2.13. The molecule has 10 heteroatoms. The van der Waals surface area contributed by atoms with Crippen molar-refractivity contribution < 1.29 is 13.9 Å². The average Bonchev–Trinajstić information content (AvgIpc) is 3.11. The fourth-order valence-corrected chi connectivity index (χ4v) is 3.02. The third-order valence-corrected chi connectivity index (χ3v) is 4.58. The lowest BCUT2D eigenvalue weighted by Crippen LogP contribution is -2.42. The molecule has 2 aromatic rings. The van der Waals surface area contributed by atoms with E-state index in [9.17, 15) is 9.18 Å². The summed E-state index contributed by atoms with van der Waals surface area (Å²) in [7, 11) is 0. The SMILES string of the molecule is CCNC(=NCC(C)Oc1ccc(F)cc1)NCCNC(=O)c1scnc1C.I. The first-order valence-corrected chi connectivity index (χ1v) is 10.00. The molecule has 7 nitrogen and oxygen atoms in total. The molecule has 1 aromatic heterocycles. The number of carbonyl (C=O) groups is 1. The van der Waals surface area contributed by atoms with Gasteiger partial charge < -0.3 is 20.7 Å². The highest BCUT2D eigenvalue weighted by Gasteiger charge is 2.10. The summed E-state index contributed by atoms with van der Waals surface area (Å²) >= 11 is 1.33. The number of carbonyl (C=O) groups excluding carboxylic acids is 1. The molecule has 0 saturated carbocycles. The van der Waals surface area contributed by atoms with Crippen molar-refractivity contribution in [3.05, 3.63) is 46.2 Å². The number of ether oxygens (including phenoxy) is 1. The normalized spacial score (nSPS) is 11.9. The number of nitrogens with one attached hydrogen (secondary N) is 3. The van der Waals surface area contributed by atoms with Crippen molar-refractivity contribution in [3.8, 4) is 5.75 Å². The standard InChI is InChI=1S/C19H26FN5O2S.HI/c1-4-21-19(23-10-9-22-18(26)17-14(3)25-12-28-17)24-11-13(2)27-16-7-5-15(20)6-8-16;/h5-8,12-13H,4,9-11H2,1-3H3,(H,22,26)(H2,21,23,24);1H. The van der Waals surface area contributed by atoms with Crippen LogP contribution in [0.15, 0.2) is 34.8 Å². The number of hydrogen-bond acceptors (Lipinski definition) is 5. The van der Waals surface area contributed by atoms with Crippen LogP contribution in [-0.2, 0) is 0 Å². The molecule has 1 unspecified atom stereocenters. The first-order valence-electron chi connectivity index (χ1n) is 9.12. The van der Waals surface area contributed by atoms with E-state index < -0.39 is 0 Å². The molecule has 3 N–H and O–H groups in total. The molecule has 29 heavy (non-hydrogen) atoms. The molecule has 1 amide bonds. The molecule has 0 aliphatic heterocycles. The van der Waals surface area contributed by atoms with E-state index in [-0.39, 0.29) is 41.8 Å². The van der Waals surface area contributed by atoms with E-state index in [1.807, 2.05) is 20.8 Å². The van der Waals surface area contributed by atoms with E-state index in [0.29, 0.717) is 42.8 Å². The topological polar surface area (TPSA) is 87.6 Å². The zero-order chi connectivity index (χ0) is 20.4. The van der Waals surface area contributed by atoms with Crippen LogP contribution in [0.25, 0.3) is 0 Å². The van der Waals surface area contributed by atoms with Crippen LogP contribution in [0, 0.1) is 12.7 Å². The number of nitrogens with zero attached hydrogens (tertiary/aromatic N) is 2. The van der Waals surface area contributed by atoms with Crippen LogP contribution in [-0.4, -0.2) is 49.1 Å². The van der Waals surface area contributed by atoms with Gasteiger partial charge in [0.15, 0.2) is 5.96 Å². The maximum atomic E-state index is 12.9. The molecule has 0 bridgehead atoms. The van der Waals surface area contributed by atoms with E-state index >= 15 is 0 Å². The Bertz CT molecular complexity index is 785. The Morgan fingerprint density at radius 3 is 2.55 bits per heavy atom. The first kappa shape index (κ1) is 25.1. The van der Waals surface area contributed by atoms with Crippen molar-refractivity contribution in [1.29, 1.82) is 0 Å². The van der Waals surface area contributed by atoms with Crippen LogP contribution >= 0.6 is 35.3 Å². The second kappa shape index (κ2) is 13.3. The molecule has 0 saturated heterocycles. The van der Waals surface area contributed by atoms with Crippen molar-refractivity contribution in [1.82, 2.24) is 20.9 Å². The van der Waals surface area contributed by atoms with Gasteiger partial charge in [0.05, 0.1) is 17.7 Å². The van der Waals surface area contributed by atoms with Crippen molar-refractivity contribution >= 4 is 47.2 Å². The highest BCUT2D eigenvalue weighted by atomic mass is 127. The molecule has 1 atom stereocenters. The van der Waals surface area contributed by atoms with Crippen LogP contribution in [0.2, 0.25) is 0 Å². The maximum Gasteiger partial charge on any atom is 0.263 e. The van der Waals surface area contributed by atoms with Crippen LogP contribution in [0.4, 0.5) is 4.39 Å². The number of aromatic nitrogens is 1. The molecule has 0 spiro atoms. The summed E-state index contributed by atoms with van der Waals surface area (Å²) in [5.41, 5.74) is 2.40. The summed E-state index contributed by atoms with van der Waals surface area (Å²) in [6.07, 6.45) is -0.171. The van der Waals surface area contributed by atoms with Gasteiger partial charge in [0.2, 0.25) is 0 Å². The molecule has 1 heterocycles. The van der Waals surface area contributed by atoms with E-state index in [1.165, 1.54) is 23.5 Å². The van der Waals surface area contributed by atoms with E-state index in [1.54, 1.807) is 17.6 Å². The minimum atomic E-state index is -0.297. The molecule has 0 fully saturated rings. The Labute approximate surface area is 191 Å². The third kappa shape index (κ3) is 8.94. The number of aryl methyl sites for hydroxylation is 1. The minimum absolute atomic E-state index is 0. The predicted molar refractivity (Wildman–Crippen MR) is 125 cm³/mol. The fraction of sp³-hybridized carbons (Fsp3) is 0.421. The van der Waals surface area contributed by atoms with Gasteiger partial charge in [-0.05, 0) is 45.0 Å². The smallest absolute Gasteiger partial charge is 0.263 e. The summed E-state index contributed by atoms with van der Waals surface area (Å²) in [5.74, 6) is 0.822. The third-order valence-electron chi connectivity index (χ3n) is 3.66. The summed E-state index contributed by atoms with van der Waals surface area (Å²) in [6.45, 7) is 7.82. The number of hydrogen-bond donors (Lipinski definition) is 3. The van der Waals surface area contributed by atoms with Crippen molar-refractivity contribution in [2.75, 3.05) is 26.2 Å². The van der Waals surface area contributed by atoms with Crippen LogP contribution in [0.3, 0.4) is 0 Å². The predicted octanol–water partition coefficient (Wildman–Crippen LogP) is 2.96. The molecule has 0 radical (unpaired) electrons. The number of benzene rings is 1. The Morgan fingerprint density at radius 1 is 1.24 bits per heavy atom. The van der Waals surface area contributed by atoms with Crippen molar-refractivity contribution in [2.45, 2.75) is 26.9 Å². The maximum absolute atomic E-state index is 12.9. The molecular formula is C19H27FIN5O2S. The Balaban J connectivity index is 0.00000420. The van der Waals surface area contributed by atoms with Gasteiger partial charge in [-0.3, -0.25) is 4.79 Å². The number of guanidine groups is 1. The van der Waals surface area contributed by atoms with Crippen molar-refractivity contribution in [2.24, 2.45) is 4.99 Å². The quantitative estimate of drug-likeness (QED) is 0.199. The van der Waals surface area contributed by atoms with Gasteiger partial charge in [0.25, 0.3) is 5.91 Å². The van der Waals surface area contributed by atoms with Gasteiger partial charge in [0.1, 0.15) is 22.5 Å². The van der Waals surface area contributed by atoms with Gasteiger partial charge >= 0.3 is 0 Å². The number of aliphatic imine (C=N–C) groups is 1. The van der Waals surface area contributed by atoms with Gasteiger partial charge in [-0.1, -0.05) is 0 Å². The monoisotopic (exact) mass is 535 g/mol. The zero-order valence-corrected chi connectivity index (χ0v) is 19.8. The molecular weight excluding hydrogens is 508 g/mol. The minimum Gasteiger partial charge on any atom is -0.489 e. The first-order chi connectivity index (χ1) is 13.5. The lowest BCUT2D eigenvalue weighted by Gasteiger charge is -2.15. The summed E-state index contributed by atoms with van der Waals surface area (Å²) in [4.78, 5) is 21.2. The van der Waals surface area contributed by atoms with E-state index in [0.717, 1.165) is 5.69 Å². The molecule has 1 aromatic carbocycles. The zero-order valence-electron chi connectivity index (χ0n) is 16.7. The molecule has 160 valence electrons. The number of halogens is 2. The van der Waals surface area contributed by atoms with E-state index in [4.69, 9.17) is 4.74 Å². The largest absolute Gasteiger partial charge is 0.489 e. The number of thiazole rings is 1. The Kier molecular flexibility index (Phi) is 11.5. The molecule has 0 aliphatic rings. The molecule has 0 aliphatic carbocycles. The Hall–Kier alpha value is -1.95. The summed E-state index contributed by atoms with van der Waals surface area (Å²) < 4.78 is 18.7. The van der Waals surface area contributed by atoms with Crippen LogP contribution < -0.4 is 20.7 Å². The second-order valence-corrected chi connectivity index (χ2v) is 6.91. The van der Waals surface area contributed by atoms with Gasteiger partial charge in [-0.15, -0.1) is 35.3 Å². The molecule has 2 rings (SSSR count). The Morgan fingerprint density at radius 2 is 1.93 bits per heavy atom. The van der Waals surface area contributed by atoms with Crippen LogP contribution in [0.5, 0.6) is 5.75 Å². The average molecular weight is 535 g/mol. The van der Waals surface area contributed by atoms with E-state index in [2.05, 4.69) is 25.9 Å². The van der Waals surface area contributed by atoms with Crippen LogP contribution in [0.1, 0.15) is 29.2 Å². The lowest BCUT2D eigenvalue weighted by molar-refractivity contribution is 0.0957. The summed E-state index contributed by atoms with van der Waals surface area (Å²) in [6, 6.07) is 5.90. The highest BCUT2D eigenvalue weighted by molar-refractivity contribution is 14.0. The van der Waals surface area contributed by atoms with Gasteiger partial charge in [-0.25, -0.2) is 14.4 Å². The summed E-state index contributed by atoms with van der Waals surface area (Å²) in [5, 5.41) is 9.17.